The molecule has 0 bridgehead atoms. The number of hydrogen-bond donors (Lipinski definition) is 1. The number of aliphatic hydroxyl groups is 1. The van der Waals surface area contributed by atoms with E-state index in [0.29, 0.717) is 26.2 Å². The van der Waals surface area contributed by atoms with Gasteiger partial charge in [-0.05, 0) is 55.8 Å². The first-order chi connectivity index (χ1) is 14.4. The van der Waals surface area contributed by atoms with E-state index in [9.17, 15) is 9.90 Å². The van der Waals surface area contributed by atoms with Gasteiger partial charge in [-0.3, -0.25) is 9.69 Å². The van der Waals surface area contributed by atoms with Gasteiger partial charge in [0.1, 0.15) is 12.4 Å². The summed E-state index contributed by atoms with van der Waals surface area (Å²) in [6.07, 6.45) is 2.14. The Labute approximate surface area is 183 Å². The number of carbonyl (C=O) groups is 1. The molecule has 0 aliphatic carbocycles. The third-order valence-corrected chi connectivity index (χ3v) is 6.41. The minimum absolute atomic E-state index is 0.0589. The molecule has 2 atom stereocenters. The molecule has 162 valence electrons. The minimum Gasteiger partial charge on any atom is -0.491 e. The van der Waals surface area contributed by atoms with E-state index >= 15 is 0 Å². The largest absolute Gasteiger partial charge is 0.491 e. The van der Waals surface area contributed by atoms with Crippen LogP contribution >= 0.6 is 11.3 Å². The lowest BCUT2D eigenvalue weighted by Gasteiger charge is -2.37. The van der Waals surface area contributed by atoms with Gasteiger partial charge in [-0.1, -0.05) is 23.8 Å². The van der Waals surface area contributed by atoms with Gasteiger partial charge in [-0.15, -0.1) is 17.9 Å². The Morgan fingerprint density at radius 2 is 2.23 bits per heavy atom. The standard InChI is InChI=1S/C24H32N2O3S/c1-5-10-25(14-19(4)27)15-24(28)26-11-8-23-20(9-12-30-23)21(26)16-29-22-7-6-17(2)13-18(22)3/h5-7,9,12-13,19,21,27H,1,8,10-11,14-16H2,2-4H3. The van der Waals surface area contributed by atoms with Crippen LogP contribution in [0.25, 0.3) is 0 Å². The third-order valence-electron chi connectivity index (χ3n) is 5.41. The van der Waals surface area contributed by atoms with Gasteiger partial charge in [0.25, 0.3) is 0 Å². The maximum absolute atomic E-state index is 13.2. The molecule has 1 aromatic heterocycles. The van der Waals surface area contributed by atoms with Crippen LogP contribution in [0.1, 0.15) is 34.5 Å². The number of rotatable bonds is 9. The Hall–Kier alpha value is -2.15. The molecule has 3 rings (SSSR count). The predicted molar refractivity (Wildman–Crippen MR) is 122 cm³/mol. The maximum Gasteiger partial charge on any atom is 0.237 e. The Balaban J connectivity index is 1.76. The molecule has 1 amide bonds. The summed E-state index contributed by atoms with van der Waals surface area (Å²) >= 11 is 1.75. The normalized spacial score (nSPS) is 17.0. The van der Waals surface area contributed by atoms with E-state index in [0.717, 1.165) is 17.7 Å². The molecule has 0 spiro atoms. The third kappa shape index (κ3) is 5.50. The van der Waals surface area contributed by atoms with Crippen LogP contribution in [0.4, 0.5) is 0 Å². The monoisotopic (exact) mass is 428 g/mol. The highest BCUT2D eigenvalue weighted by Gasteiger charge is 2.33. The first-order valence-corrected chi connectivity index (χ1v) is 11.3. The van der Waals surface area contributed by atoms with E-state index < -0.39 is 6.10 Å². The van der Waals surface area contributed by atoms with Crippen LogP contribution in [0.5, 0.6) is 5.75 Å². The summed E-state index contributed by atoms with van der Waals surface area (Å²) in [5.41, 5.74) is 3.49. The van der Waals surface area contributed by atoms with Crippen molar-refractivity contribution in [2.75, 3.05) is 32.8 Å². The molecular formula is C24H32N2O3S. The number of fused-ring (bicyclic) bond motifs is 1. The molecule has 6 heteroatoms. The number of aliphatic hydroxyl groups excluding tert-OH is 1. The molecular weight excluding hydrogens is 396 g/mol. The molecule has 2 aromatic rings. The van der Waals surface area contributed by atoms with E-state index in [-0.39, 0.29) is 18.5 Å². The fourth-order valence-corrected chi connectivity index (χ4v) is 4.97. The van der Waals surface area contributed by atoms with Crippen molar-refractivity contribution in [2.45, 2.75) is 39.3 Å². The van der Waals surface area contributed by atoms with E-state index in [1.54, 1.807) is 24.3 Å². The summed E-state index contributed by atoms with van der Waals surface area (Å²) in [4.78, 5) is 18.5. The number of amides is 1. The summed E-state index contributed by atoms with van der Waals surface area (Å²) in [6.45, 7) is 12.0. The van der Waals surface area contributed by atoms with Crippen molar-refractivity contribution in [1.82, 2.24) is 9.80 Å². The summed E-state index contributed by atoms with van der Waals surface area (Å²) in [5, 5.41) is 11.9. The van der Waals surface area contributed by atoms with Gasteiger partial charge in [0.05, 0.1) is 18.7 Å². The summed E-state index contributed by atoms with van der Waals surface area (Å²) in [6, 6.07) is 8.17. The Morgan fingerprint density at radius 3 is 2.93 bits per heavy atom. The average Bonchev–Trinajstić information content (AvgIpc) is 3.15. The average molecular weight is 429 g/mol. The molecule has 1 N–H and O–H groups in total. The zero-order valence-electron chi connectivity index (χ0n) is 18.1. The topological polar surface area (TPSA) is 53.0 Å². The second kappa shape index (κ2) is 10.2. The second-order valence-electron chi connectivity index (χ2n) is 8.06. The zero-order valence-corrected chi connectivity index (χ0v) is 19.0. The van der Waals surface area contributed by atoms with Crippen LogP contribution in [-0.4, -0.2) is 59.7 Å². The van der Waals surface area contributed by atoms with Crippen molar-refractivity contribution in [2.24, 2.45) is 0 Å². The fourth-order valence-electron chi connectivity index (χ4n) is 4.05. The number of nitrogens with zero attached hydrogens (tertiary/aromatic N) is 2. The molecule has 0 saturated heterocycles. The molecule has 1 aliphatic heterocycles. The SMILES string of the molecule is C=CCN(CC(=O)N1CCc2sccc2C1COc1ccc(C)cc1C)CC(C)O. The number of carbonyl (C=O) groups excluding carboxylic acids is 1. The molecule has 5 nitrogen and oxygen atoms in total. The van der Waals surface area contributed by atoms with Crippen molar-refractivity contribution >= 4 is 17.2 Å². The first kappa shape index (κ1) is 22.5. The quantitative estimate of drug-likeness (QED) is 0.618. The van der Waals surface area contributed by atoms with Gasteiger partial charge in [-0.2, -0.15) is 0 Å². The Kier molecular flexibility index (Phi) is 7.69. The number of aryl methyl sites for hydroxylation is 2. The number of thiophene rings is 1. The molecule has 1 aliphatic rings. The maximum atomic E-state index is 13.2. The van der Waals surface area contributed by atoms with Crippen molar-refractivity contribution in [3.8, 4) is 5.75 Å². The van der Waals surface area contributed by atoms with Gasteiger partial charge >= 0.3 is 0 Å². The van der Waals surface area contributed by atoms with Gasteiger partial charge in [0.2, 0.25) is 5.91 Å². The van der Waals surface area contributed by atoms with Crippen molar-refractivity contribution < 1.29 is 14.6 Å². The summed E-state index contributed by atoms with van der Waals surface area (Å²) in [5.74, 6) is 0.918. The van der Waals surface area contributed by atoms with E-state index in [4.69, 9.17) is 4.74 Å². The van der Waals surface area contributed by atoms with Crippen molar-refractivity contribution in [3.63, 3.8) is 0 Å². The van der Waals surface area contributed by atoms with Crippen LogP contribution in [0.2, 0.25) is 0 Å². The molecule has 30 heavy (non-hydrogen) atoms. The fraction of sp³-hybridized carbons (Fsp3) is 0.458. The first-order valence-electron chi connectivity index (χ1n) is 10.5. The van der Waals surface area contributed by atoms with Crippen molar-refractivity contribution in [1.29, 1.82) is 0 Å². The van der Waals surface area contributed by atoms with E-state index in [2.05, 4.69) is 31.0 Å². The van der Waals surface area contributed by atoms with Gasteiger partial charge in [0, 0.05) is 24.5 Å². The van der Waals surface area contributed by atoms with Crippen LogP contribution < -0.4 is 4.74 Å². The lowest BCUT2D eigenvalue weighted by atomic mass is 10.00. The number of benzene rings is 1. The lowest BCUT2D eigenvalue weighted by molar-refractivity contribution is -0.136. The van der Waals surface area contributed by atoms with E-state index in [1.165, 1.54) is 16.0 Å². The molecule has 2 unspecified atom stereocenters. The second-order valence-corrected chi connectivity index (χ2v) is 9.06. The van der Waals surface area contributed by atoms with Crippen molar-refractivity contribution in [3.05, 3.63) is 63.9 Å². The van der Waals surface area contributed by atoms with Crippen LogP contribution in [-0.2, 0) is 11.2 Å². The minimum atomic E-state index is -0.494. The highest BCUT2D eigenvalue weighted by Crippen LogP contribution is 2.34. The Morgan fingerprint density at radius 1 is 1.43 bits per heavy atom. The Bertz CT molecular complexity index is 877. The molecule has 0 radical (unpaired) electrons. The highest BCUT2D eigenvalue weighted by atomic mass is 32.1. The summed E-state index contributed by atoms with van der Waals surface area (Å²) < 4.78 is 6.20. The molecule has 1 aromatic carbocycles. The highest BCUT2D eigenvalue weighted by molar-refractivity contribution is 7.10. The van der Waals surface area contributed by atoms with Gasteiger partial charge in [-0.25, -0.2) is 0 Å². The number of ether oxygens (including phenoxy) is 1. The number of hydrogen-bond acceptors (Lipinski definition) is 5. The molecule has 0 fully saturated rings. The van der Waals surface area contributed by atoms with Crippen LogP contribution in [0.15, 0.2) is 42.3 Å². The molecule has 0 saturated carbocycles. The predicted octanol–water partition coefficient (Wildman–Crippen LogP) is 3.74. The van der Waals surface area contributed by atoms with Gasteiger partial charge < -0.3 is 14.7 Å². The van der Waals surface area contributed by atoms with Crippen LogP contribution in [0, 0.1) is 13.8 Å². The smallest absolute Gasteiger partial charge is 0.237 e. The van der Waals surface area contributed by atoms with Gasteiger partial charge in [0.15, 0.2) is 0 Å². The van der Waals surface area contributed by atoms with E-state index in [1.807, 2.05) is 28.9 Å². The molecule has 2 heterocycles. The zero-order chi connectivity index (χ0) is 21.7. The van der Waals surface area contributed by atoms with Crippen LogP contribution in [0.3, 0.4) is 0 Å². The lowest BCUT2D eigenvalue weighted by Crippen LogP contribution is -2.47. The summed E-state index contributed by atoms with van der Waals surface area (Å²) in [7, 11) is 0.